The standard InChI is InChI=1S/C18H27N3O2S/c1-15-5-2-3-7-21(15)18(23)14-19-8-10-20(11-9-19)17(22)13-16-6-4-12-24-16/h4,6,12,15H,2-3,5,7-11,13-14H2,1H3. The Balaban J connectivity index is 1.43. The fourth-order valence-corrected chi connectivity index (χ4v) is 4.28. The molecule has 2 saturated heterocycles. The summed E-state index contributed by atoms with van der Waals surface area (Å²) in [5.74, 6) is 0.452. The number of piperazine rings is 1. The van der Waals surface area contributed by atoms with Crippen molar-refractivity contribution >= 4 is 23.2 Å². The predicted molar refractivity (Wildman–Crippen MR) is 96.1 cm³/mol. The molecular weight excluding hydrogens is 322 g/mol. The number of likely N-dealkylation sites (tertiary alicyclic amines) is 1. The molecule has 0 saturated carbocycles. The summed E-state index contributed by atoms with van der Waals surface area (Å²) in [4.78, 5) is 32.1. The first-order chi connectivity index (χ1) is 11.6. The normalized spacial score (nSPS) is 22.6. The molecule has 1 aromatic heterocycles. The lowest BCUT2D eigenvalue weighted by Crippen LogP contribution is -2.53. The maximum Gasteiger partial charge on any atom is 0.236 e. The van der Waals surface area contributed by atoms with Gasteiger partial charge >= 0.3 is 0 Å². The first-order valence-electron chi connectivity index (χ1n) is 8.95. The third-order valence-corrected chi connectivity index (χ3v) is 5.99. The molecule has 0 aromatic carbocycles. The van der Waals surface area contributed by atoms with Crippen LogP contribution in [0.5, 0.6) is 0 Å². The molecule has 5 nitrogen and oxygen atoms in total. The molecule has 2 fully saturated rings. The number of thiophene rings is 1. The number of piperidine rings is 1. The Labute approximate surface area is 148 Å². The van der Waals surface area contributed by atoms with Crippen molar-refractivity contribution in [2.45, 2.75) is 38.6 Å². The summed E-state index contributed by atoms with van der Waals surface area (Å²) in [7, 11) is 0. The molecule has 0 N–H and O–H groups in total. The minimum Gasteiger partial charge on any atom is -0.340 e. The first-order valence-corrected chi connectivity index (χ1v) is 9.83. The molecule has 0 spiro atoms. The number of hydrogen-bond acceptors (Lipinski definition) is 4. The number of carbonyl (C=O) groups is 2. The largest absolute Gasteiger partial charge is 0.340 e. The average molecular weight is 350 g/mol. The van der Waals surface area contributed by atoms with E-state index in [9.17, 15) is 9.59 Å². The summed E-state index contributed by atoms with van der Waals surface area (Å²) in [6, 6.07) is 4.37. The van der Waals surface area contributed by atoms with Crippen molar-refractivity contribution in [1.29, 1.82) is 0 Å². The van der Waals surface area contributed by atoms with Crippen molar-refractivity contribution in [3.8, 4) is 0 Å². The molecule has 132 valence electrons. The van der Waals surface area contributed by atoms with Crippen LogP contribution >= 0.6 is 11.3 Å². The van der Waals surface area contributed by atoms with Crippen molar-refractivity contribution in [2.24, 2.45) is 0 Å². The second-order valence-electron chi connectivity index (χ2n) is 6.85. The fourth-order valence-electron chi connectivity index (χ4n) is 3.58. The third kappa shape index (κ3) is 4.36. The molecule has 2 amide bonds. The van der Waals surface area contributed by atoms with Crippen molar-refractivity contribution in [1.82, 2.24) is 14.7 Å². The van der Waals surface area contributed by atoms with Gasteiger partial charge in [-0.1, -0.05) is 6.07 Å². The summed E-state index contributed by atoms with van der Waals surface area (Å²) in [5.41, 5.74) is 0. The lowest BCUT2D eigenvalue weighted by atomic mass is 10.0. The van der Waals surface area contributed by atoms with Crippen molar-refractivity contribution in [3.05, 3.63) is 22.4 Å². The molecule has 0 bridgehead atoms. The molecule has 24 heavy (non-hydrogen) atoms. The van der Waals surface area contributed by atoms with Crippen LogP contribution in [0.3, 0.4) is 0 Å². The van der Waals surface area contributed by atoms with Crippen molar-refractivity contribution in [2.75, 3.05) is 39.3 Å². The highest BCUT2D eigenvalue weighted by Crippen LogP contribution is 2.17. The Bertz CT molecular complexity index is 553. The average Bonchev–Trinajstić information content (AvgIpc) is 3.08. The van der Waals surface area contributed by atoms with Crippen LogP contribution in [0.25, 0.3) is 0 Å². The Morgan fingerprint density at radius 3 is 2.58 bits per heavy atom. The van der Waals surface area contributed by atoms with E-state index in [0.717, 1.165) is 50.4 Å². The van der Waals surface area contributed by atoms with Crippen LogP contribution in [0.15, 0.2) is 17.5 Å². The smallest absolute Gasteiger partial charge is 0.236 e. The zero-order valence-corrected chi connectivity index (χ0v) is 15.3. The maximum atomic E-state index is 12.5. The van der Waals surface area contributed by atoms with Gasteiger partial charge < -0.3 is 9.80 Å². The molecule has 3 heterocycles. The van der Waals surface area contributed by atoms with Gasteiger partial charge in [-0.05, 0) is 37.6 Å². The van der Waals surface area contributed by atoms with Crippen LogP contribution in [0.4, 0.5) is 0 Å². The molecule has 0 radical (unpaired) electrons. The zero-order chi connectivity index (χ0) is 16.9. The van der Waals surface area contributed by atoms with Gasteiger partial charge in [-0.15, -0.1) is 11.3 Å². The Morgan fingerprint density at radius 2 is 1.92 bits per heavy atom. The second-order valence-corrected chi connectivity index (χ2v) is 7.88. The molecular formula is C18H27N3O2S. The minimum absolute atomic E-state index is 0.202. The Morgan fingerprint density at radius 1 is 1.12 bits per heavy atom. The van der Waals surface area contributed by atoms with Crippen molar-refractivity contribution in [3.63, 3.8) is 0 Å². The van der Waals surface area contributed by atoms with E-state index in [4.69, 9.17) is 0 Å². The highest BCUT2D eigenvalue weighted by Gasteiger charge is 2.27. The van der Waals surface area contributed by atoms with E-state index in [-0.39, 0.29) is 11.8 Å². The summed E-state index contributed by atoms with van der Waals surface area (Å²) in [5, 5.41) is 2.01. The number of carbonyl (C=O) groups excluding carboxylic acids is 2. The predicted octanol–water partition coefficient (Wildman–Crippen LogP) is 1.84. The van der Waals surface area contributed by atoms with Crippen LogP contribution in [0.2, 0.25) is 0 Å². The summed E-state index contributed by atoms with van der Waals surface area (Å²) >= 11 is 1.63. The van der Waals surface area contributed by atoms with Gasteiger partial charge in [0.2, 0.25) is 11.8 Å². The van der Waals surface area contributed by atoms with Crippen LogP contribution in [0, 0.1) is 0 Å². The van der Waals surface area contributed by atoms with E-state index in [1.54, 1.807) is 11.3 Å². The lowest BCUT2D eigenvalue weighted by Gasteiger charge is -2.38. The molecule has 2 aliphatic rings. The van der Waals surface area contributed by atoms with Crippen LogP contribution in [0.1, 0.15) is 31.1 Å². The Kier molecular flexibility index (Phi) is 5.89. The van der Waals surface area contributed by atoms with Crippen LogP contribution < -0.4 is 0 Å². The fraction of sp³-hybridized carbons (Fsp3) is 0.667. The van der Waals surface area contributed by atoms with Gasteiger partial charge in [0.15, 0.2) is 0 Å². The minimum atomic E-state index is 0.202. The molecule has 3 rings (SSSR count). The van der Waals surface area contributed by atoms with Gasteiger partial charge in [-0.25, -0.2) is 0 Å². The first kappa shape index (κ1) is 17.4. The summed E-state index contributed by atoms with van der Waals surface area (Å²) in [6.45, 7) is 6.60. The molecule has 1 atom stereocenters. The maximum absolute atomic E-state index is 12.5. The second kappa shape index (κ2) is 8.12. The summed E-state index contributed by atoms with van der Waals surface area (Å²) < 4.78 is 0. The molecule has 2 aliphatic heterocycles. The number of rotatable bonds is 4. The SMILES string of the molecule is CC1CCCCN1C(=O)CN1CCN(C(=O)Cc2cccs2)CC1. The van der Waals surface area contributed by atoms with Gasteiger partial charge in [-0.3, -0.25) is 14.5 Å². The van der Waals surface area contributed by atoms with Gasteiger partial charge in [0.25, 0.3) is 0 Å². The number of amides is 2. The van der Waals surface area contributed by atoms with E-state index in [1.807, 2.05) is 27.3 Å². The molecule has 6 heteroatoms. The Hall–Kier alpha value is -1.40. The zero-order valence-electron chi connectivity index (χ0n) is 14.4. The van der Waals surface area contributed by atoms with E-state index >= 15 is 0 Å². The lowest BCUT2D eigenvalue weighted by molar-refractivity contribution is -0.137. The number of hydrogen-bond donors (Lipinski definition) is 0. The molecule has 1 aromatic rings. The monoisotopic (exact) mass is 349 g/mol. The highest BCUT2D eigenvalue weighted by atomic mass is 32.1. The van der Waals surface area contributed by atoms with Gasteiger partial charge in [0, 0.05) is 43.6 Å². The van der Waals surface area contributed by atoms with Crippen LogP contribution in [-0.4, -0.2) is 71.8 Å². The van der Waals surface area contributed by atoms with Gasteiger partial charge in [0.05, 0.1) is 13.0 Å². The quantitative estimate of drug-likeness (QED) is 0.833. The number of nitrogens with zero attached hydrogens (tertiary/aromatic N) is 3. The van der Waals surface area contributed by atoms with Crippen molar-refractivity contribution < 1.29 is 9.59 Å². The summed E-state index contributed by atoms with van der Waals surface area (Å²) in [6.07, 6.45) is 3.98. The van der Waals surface area contributed by atoms with E-state index < -0.39 is 0 Å². The highest BCUT2D eigenvalue weighted by molar-refractivity contribution is 7.10. The van der Waals surface area contributed by atoms with Gasteiger partial charge in [0.1, 0.15) is 0 Å². The van der Waals surface area contributed by atoms with E-state index in [1.165, 1.54) is 6.42 Å². The van der Waals surface area contributed by atoms with E-state index in [0.29, 0.717) is 19.0 Å². The molecule has 0 aliphatic carbocycles. The topological polar surface area (TPSA) is 43.9 Å². The molecule has 1 unspecified atom stereocenters. The van der Waals surface area contributed by atoms with E-state index in [2.05, 4.69) is 11.8 Å². The van der Waals surface area contributed by atoms with Gasteiger partial charge in [-0.2, -0.15) is 0 Å². The van der Waals surface area contributed by atoms with Crippen LogP contribution in [-0.2, 0) is 16.0 Å². The third-order valence-electron chi connectivity index (χ3n) is 5.11.